The van der Waals surface area contributed by atoms with Crippen molar-refractivity contribution in [2.24, 2.45) is 0 Å². The number of nitrogens with zero attached hydrogens (tertiary/aromatic N) is 2. The first-order chi connectivity index (χ1) is 8.76. The Hall–Kier alpha value is -1.01. The van der Waals surface area contributed by atoms with Crippen LogP contribution in [0.2, 0.25) is 10.3 Å². The first-order valence-electron chi connectivity index (χ1n) is 5.47. The van der Waals surface area contributed by atoms with E-state index in [4.69, 9.17) is 23.2 Å². The predicted molar refractivity (Wildman–Crippen MR) is 64.4 cm³/mol. The first-order valence-corrected chi connectivity index (χ1v) is 6.22. The van der Waals surface area contributed by atoms with Crippen molar-refractivity contribution in [2.45, 2.75) is 25.1 Å². The molecule has 2 rings (SSSR count). The third kappa shape index (κ3) is 3.98. The molecule has 0 saturated heterocycles. The molecule has 0 bridgehead atoms. The van der Waals surface area contributed by atoms with Crippen LogP contribution in [0, 0.1) is 0 Å². The predicted octanol–water partition coefficient (Wildman–Crippen LogP) is 3.56. The molecule has 1 aliphatic carbocycles. The van der Waals surface area contributed by atoms with Gasteiger partial charge in [0.2, 0.25) is 0 Å². The molecule has 0 radical (unpaired) electrons. The van der Waals surface area contributed by atoms with Gasteiger partial charge in [0.25, 0.3) is 5.91 Å². The fourth-order valence-electron chi connectivity index (χ4n) is 1.70. The molecular formula is C11H9Cl2F3N2O. The summed E-state index contributed by atoms with van der Waals surface area (Å²) >= 11 is 11.3. The summed E-state index contributed by atoms with van der Waals surface area (Å²) in [5, 5.41) is -0.0581. The summed E-state index contributed by atoms with van der Waals surface area (Å²) in [6, 6.07) is 2.06. The van der Waals surface area contributed by atoms with E-state index in [0.29, 0.717) is 12.8 Å². The largest absolute Gasteiger partial charge is 0.406 e. The summed E-state index contributed by atoms with van der Waals surface area (Å²) in [6.45, 7) is -1.27. The van der Waals surface area contributed by atoms with Gasteiger partial charge in [0.1, 0.15) is 16.9 Å². The van der Waals surface area contributed by atoms with Crippen molar-refractivity contribution >= 4 is 29.1 Å². The molecule has 0 aliphatic heterocycles. The lowest BCUT2D eigenvalue weighted by Gasteiger charge is -2.23. The summed E-state index contributed by atoms with van der Waals surface area (Å²) in [7, 11) is 0. The van der Waals surface area contributed by atoms with Gasteiger partial charge in [-0.15, -0.1) is 0 Å². The standard InChI is InChI=1S/C11H9Cl2F3N2O/c12-8-3-6(4-9(13)17-8)10(19)18(7-1-2-7)5-11(14,15)16/h3-4,7H,1-2,5H2. The zero-order chi connectivity index (χ0) is 14.2. The van der Waals surface area contributed by atoms with Crippen molar-refractivity contribution in [1.29, 1.82) is 0 Å². The number of halogens is 5. The molecule has 3 nitrogen and oxygen atoms in total. The van der Waals surface area contributed by atoms with Gasteiger partial charge in [0.15, 0.2) is 0 Å². The van der Waals surface area contributed by atoms with E-state index in [9.17, 15) is 18.0 Å². The Morgan fingerprint density at radius 2 is 1.84 bits per heavy atom. The number of aromatic nitrogens is 1. The molecule has 1 aromatic rings. The van der Waals surface area contributed by atoms with Crippen LogP contribution in [0.25, 0.3) is 0 Å². The van der Waals surface area contributed by atoms with Gasteiger partial charge in [0, 0.05) is 11.6 Å². The Kier molecular flexibility index (Phi) is 3.92. The highest BCUT2D eigenvalue weighted by molar-refractivity contribution is 6.33. The summed E-state index contributed by atoms with van der Waals surface area (Å²) in [6.07, 6.45) is -3.28. The molecule has 104 valence electrons. The second-order valence-corrected chi connectivity index (χ2v) is 5.06. The molecule has 0 spiro atoms. The average Bonchev–Trinajstić information content (AvgIpc) is 3.06. The van der Waals surface area contributed by atoms with Gasteiger partial charge in [-0.1, -0.05) is 23.2 Å². The molecule has 19 heavy (non-hydrogen) atoms. The smallest absolute Gasteiger partial charge is 0.327 e. The van der Waals surface area contributed by atoms with Gasteiger partial charge in [-0.3, -0.25) is 4.79 Å². The zero-order valence-corrected chi connectivity index (χ0v) is 11.1. The van der Waals surface area contributed by atoms with Crippen molar-refractivity contribution in [3.05, 3.63) is 28.0 Å². The number of rotatable bonds is 3. The first kappa shape index (κ1) is 14.4. The quantitative estimate of drug-likeness (QED) is 0.800. The van der Waals surface area contributed by atoms with Crippen molar-refractivity contribution in [2.75, 3.05) is 6.54 Å². The molecule has 1 heterocycles. The van der Waals surface area contributed by atoms with Gasteiger partial charge in [-0.25, -0.2) is 4.98 Å². The number of pyridine rings is 1. The molecule has 0 unspecified atom stereocenters. The normalized spacial score (nSPS) is 15.4. The summed E-state index contributed by atoms with van der Waals surface area (Å²) < 4.78 is 37.4. The van der Waals surface area contributed by atoms with Crippen LogP contribution in [-0.2, 0) is 0 Å². The molecule has 1 amide bonds. The van der Waals surface area contributed by atoms with E-state index in [2.05, 4.69) is 4.98 Å². The van der Waals surface area contributed by atoms with Crippen molar-refractivity contribution in [3.8, 4) is 0 Å². The fourth-order valence-corrected chi connectivity index (χ4v) is 2.16. The SMILES string of the molecule is O=C(c1cc(Cl)nc(Cl)c1)N(CC(F)(F)F)C1CC1. The van der Waals surface area contributed by atoms with Crippen LogP contribution in [0.1, 0.15) is 23.2 Å². The Morgan fingerprint density at radius 1 is 1.32 bits per heavy atom. The summed E-state index contributed by atoms with van der Waals surface area (Å²) in [5.74, 6) is -0.731. The zero-order valence-electron chi connectivity index (χ0n) is 9.55. The third-order valence-corrected chi connectivity index (χ3v) is 3.00. The van der Waals surface area contributed by atoms with Crippen LogP contribution in [0.3, 0.4) is 0 Å². The van der Waals surface area contributed by atoms with Crippen LogP contribution < -0.4 is 0 Å². The molecule has 1 saturated carbocycles. The van der Waals surface area contributed by atoms with Gasteiger partial charge >= 0.3 is 6.18 Å². The average molecular weight is 313 g/mol. The van der Waals surface area contributed by atoms with Gasteiger partial charge in [-0.2, -0.15) is 13.2 Å². The molecule has 0 N–H and O–H groups in total. The van der Waals surface area contributed by atoms with Gasteiger partial charge in [-0.05, 0) is 25.0 Å². The number of hydrogen-bond acceptors (Lipinski definition) is 2. The van der Waals surface area contributed by atoms with E-state index in [0.717, 1.165) is 4.90 Å². The minimum absolute atomic E-state index is 0.0150. The molecule has 1 aromatic heterocycles. The number of alkyl halides is 3. The van der Waals surface area contributed by atoms with Crippen LogP contribution in [0.5, 0.6) is 0 Å². The lowest BCUT2D eigenvalue weighted by atomic mass is 10.2. The maximum Gasteiger partial charge on any atom is 0.406 e. The second kappa shape index (κ2) is 5.17. The number of amides is 1. The lowest BCUT2D eigenvalue weighted by molar-refractivity contribution is -0.141. The van der Waals surface area contributed by atoms with Crippen molar-refractivity contribution < 1.29 is 18.0 Å². The van der Waals surface area contributed by atoms with E-state index >= 15 is 0 Å². The fraction of sp³-hybridized carbons (Fsp3) is 0.455. The minimum atomic E-state index is -4.43. The maximum atomic E-state index is 12.5. The summed E-state index contributed by atoms with van der Waals surface area (Å²) in [5.41, 5.74) is 0.0150. The monoisotopic (exact) mass is 312 g/mol. The van der Waals surface area contributed by atoms with E-state index in [1.165, 1.54) is 12.1 Å². The highest BCUT2D eigenvalue weighted by Crippen LogP contribution is 2.31. The van der Waals surface area contributed by atoms with Crippen LogP contribution in [-0.4, -0.2) is 34.6 Å². The highest BCUT2D eigenvalue weighted by Gasteiger charge is 2.41. The number of carbonyl (C=O) groups is 1. The molecule has 8 heteroatoms. The Labute approximate surface area is 117 Å². The van der Waals surface area contributed by atoms with Crippen LogP contribution >= 0.6 is 23.2 Å². The molecule has 1 fully saturated rings. The Morgan fingerprint density at radius 3 is 2.26 bits per heavy atom. The topological polar surface area (TPSA) is 33.2 Å². The van der Waals surface area contributed by atoms with E-state index < -0.39 is 18.6 Å². The third-order valence-electron chi connectivity index (χ3n) is 2.61. The summed E-state index contributed by atoms with van der Waals surface area (Å²) in [4.78, 5) is 16.5. The van der Waals surface area contributed by atoms with E-state index in [1.54, 1.807) is 0 Å². The lowest BCUT2D eigenvalue weighted by Crippen LogP contribution is -2.40. The second-order valence-electron chi connectivity index (χ2n) is 4.28. The van der Waals surface area contributed by atoms with Crippen molar-refractivity contribution in [1.82, 2.24) is 9.88 Å². The molecule has 1 aliphatic rings. The molecule has 0 atom stereocenters. The number of carbonyl (C=O) groups excluding carboxylic acids is 1. The molecular weight excluding hydrogens is 304 g/mol. The minimum Gasteiger partial charge on any atom is -0.327 e. The number of hydrogen-bond donors (Lipinski definition) is 0. The van der Waals surface area contributed by atoms with Crippen LogP contribution in [0.4, 0.5) is 13.2 Å². The maximum absolute atomic E-state index is 12.5. The Bertz CT molecular complexity index is 483. The van der Waals surface area contributed by atoms with Gasteiger partial charge in [0.05, 0.1) is 0 Å². The van der Waals surface area contributed by atoms with Crippen LogP contribution in [0.15, 0.2) is 12.1 Å². The Balaban J connectivity index is 2.24. The highest BCUT2D eigenvalue weighted by atomic mass is 35.5. The van der Waals surface area contributed by atoms with E-state index in [-0.39, 0.29) is 21.9 Å². The van der Waals surface area contributed by atoms with E-state index in [1.807, 2.05) is 0 Å². The van der Waals surface area contributed by atoms with Crippen molar-refractivity contribution in [3.63, 3.8) is 0 Å². The van der Waals surface area contributed by atoms with Gasteiger partial charge < -0.3 is 4.90 Å². The molecule has 0 aromatic carbocycles.